The Labute approximate surface area is 180 Å². The van der Waals surface area contributed by atoms with Crippen molar-refractivity contribution in [3.05, 3.63) is 83.4 Å². The smallest absolute Gasteiger partial charge is 0.254 e. The summed E-state index contributed by atoms with van der Waals surface area (Å²) < 4.78 is 11.0. The van der Waals surface area contributed by atoms with E-state index in [2.05, 4.69) is 5.32 Å². The highest BCUT2D eigenvalue weighted by Gasteiger charge is 2.17. The van der Waals surface area contributed by atoms with E-state index < -0.39 is 0 Å². The molecular formula is C23H21ClN2O4. The van der Waals surface area contributed by atoms with Crippen molar-refractivity contribution in [1.82, 2.24) is 4.90 Å². The first-order chi connectivity index (χ1) is 14.5. The van der Waals surface area contributed by atoms with E-state index in [4.69, 9.17) is 21.1 Å². The number of carbonyl (C=O) groups is 2. The number of para-hydroxylation sites is 1. The predicted molar refractivity (Wildman–Crippen MR) is 117 cm³/mol. The zero-order valence-corrected chi connectivity index (χ0v) is 17.3. The molecule has 0 aliphatic rings. The van der Waals surface area contributed by atoms with Crippen LogP contribution in [0, 0.1) is 0 Å². The SMILES string of the molecule is COc1ccc(Cl)cc1NC(=O)CN(C)C(=O)c1cccc(Oc2ccccc2)c1. The molecule has 0 heterocycles. The van der Waals surface area contributed by atoms with E-state index in [1.54, 1.807) is 49.5 Å². The van der Waals surface area contributed by atoms with Crippen molar-refractivity contribution >= 4 is 29.1 Å². The van der Waals surface area contributed by atoms with Gasteiger partial charge in [0.05, 0.1) is 19.3 Å². The fourth-order valence-corrected chi connectivity index (χ4v) is 2.96. The highest BCUT2D eigenvalue weighted by atomic mass is 35.5. The lowest BCUT2D eigenvalue weighted by molar-refractivity contribution is -0.116. The van der Waals surface area contributed by atoms with Gasteiger partial charge in [-0.2, -0.15) is 0 Å². The van der Waals surface area contributed by atoms with Crippen molar-refractivity contribution in [1.29, 1.82) is 0 Å². The topological polar surface area (TPSA) is 67.9 Å². The van der Waals surface area contributed by atoms with Crippen LogP contribution < -0.4 is 14.8 Å². The number of hydrogen-bond donors (Lipinski definition) is 1. The number of nitrogens with zero attached hydrogens (tertiary/aromatic N) is 1. The van der Waals surface area contributed by atoms with Crippen molar-refractivity contribution < 1.29 is 19.1 Å². The Morgan fingerprint density at radius 3 is 2.43 bits per heavy atom. The molecule has 0 bridgehead atoms. The second kappa shape index (κ2) is 9.80. The first kappa shape index (κ1) is 21.2. The molecular weight excluding hydrogens is 404 g/mol. The van der Waals surface area contributed by atoms with Gasteiger partial charge in [-0.15, -0.1) is 0 Å². The number of ether oxygens (including phenoxy) is 2. The van der Waals surface area contributed by atoms with Gasteiger partial charge in [0, 0.05) is 17.6 Å². The van der Waals surface area contributed by atoms with Gasteiger partial charge < -0.3 is 19.7 Å². The number of benzene rings is 3. The van der Waals surface area contributed by atoms with E-state index in [-0.39, 0.29) is 18.4 Å². The summed E-state index contributed by atoms with van der Waals surface area (Å²) >= 11 is 5.98. The zero-order valence-electron chi connectivity index (χ0n) is 16.6. The van der Waals surface area contributed by atoms with Crippen molar-refractivity contribution in [2.75, 3.05) is 26.0 Å². The summed E-state index contributed by atoms with van der Waals surface area (Å²) in [6.45, 7) is -0.141. The van der Waals surface area contributed by atoms with E-state index in [0.29, 0.717) is 33.5 Å². The summed E-state index contributed by atoms with van der Waals surface area (Å²) in [6.07, 6.45) is 0. The van der Waals surface area contributed by atoms with Gasteiger partial charge in [0.25, 0.3) is 5.91 Å². The largest absolute Gasteiger partial charge is 0.495 e. The molecule has 3 rings (SSSR count). The minimum absolute atomic E-state index is 0.141. The maximum Gasteiger partial charge on any atom is 0.254 e. The molecule has 0 radical (unpaired) electrons. The van der Waals surface area contributed by atoms with Crippen LogP contribution in [0.3, 0.4) is 0 Å². The van der Waals surface area contributed by atoms with Crippen LogP contribution in [0.1, 0.15) is 10.4 Å². The highest BCUT2D eigenvalue weighted by Crippen LogP contribution is 2.27. The maximum atomic E-state index is 12.8. The number of carbonyl (C=O) groups excluding carboxylic acids is 2. The normalized spacial score (nSPS) is 10.2. The molecule has 7 heteroatoms. The summed E-state index contributed by atoms with van der Waals surface area (Å²) in [5.74, 6) is 1.01. The van der Waals surface area contributed by atoms with Crippen LogP contribution in [-0.2, 0) is 4.79 Å². The fourth-order valence-electron chi connectivity index (χ4n) is 2.79. The van der Waals surface area contributed by atoms with Crippen LogP contribution in [0.2, 0.25) is 5.02 Å². The number of methoxy groups -OCH3 is 1. The molecule has 1 N–H and O–H groups in total. The van der Waals surface area contributed by atoms with Crippen molar-refractivity contribution in [3.63, 3.8) is 0 Å². The first-order valence-corrected chi connectivity index (χ1v) is 9.56. The van der Waals surface area contributed by atoms with Gasteiger partial charge in [-0.25, -0.2) is 0 Å². The fraction of sp³-hybridized carbons (Fsp3) is 0.130. The highest BCUT2D eigenvalue weighted by molar-refractivity contribution is 6.31. The average Bonchev–Trinajstić information content (AvgIpc) is 2.74. The minimum Gasteiger partial charge on any atom is -0.495 e. The second-order valence-corrected chi connectivity index (χ2v) is 6.93. The van der Waals surface area contributed by atoms with Crippen molar-refractivity contribution in [3.8, 4) is 17.2 Å². The maximum absolute atomic E-state index is 12.8. The Kier molecular flexibility index (Phi) is 6.93. The molecule has 6 nitrogen and oxygen atoms in total. The number of nitrogens with one attached hydrogen (secondary N) is 1. The number of halogens is 1. The molecule has 0 atom stereocenters. The molecule has 0 spiro atoms. The van der Waals surface area contributed by atoms with E-state index in [1.807, 2.05) is 30.3 Å². The number of likely N-dealkylation sites (N-methyl/N-ethyl adjacent to an activating group) is 1. The predicted octanol–water partition coefficient (Wildman–Crippen LogP) is 4.85. The minimum atomic E-state index is -0.372. The molecule has 0 saturated heterocycles. The third kappa shape index (κ3) is 5.52. The third-order valence-corrected chi connectivity index (χ3v) is 4.46. The Balaban J connectivity index is 1.65. The molecule has 0 aliphatic heterocycles. The Morgan fingerprint density at radius 2 is 1.70 bits per heavy atom. The van der Waals surface area contributed by atoms with E-state index in [0.717, 1.165) is 0 Å². The molecule has 154 valence electrons. The van der Waals surface area contributed by atoms with Crippen LogP contribution >= 0.6 is 11.6 Å². The Bertz CT molecular complexity index is 1040. The summed E-state index contributed by atoms with van der Waals surface area (Å²) in [4.78, 5) is 26.5. The van der Waals surface area contributed by atoms with Crippen LogP contribution in [0.4, 0.5) is 5.69 Å². The molecule has 0 unspecified atom stereocenters. The van der Waals surface area contributed by atoms with Gasteiger partial charge in [-0.05, 0) is 48.5 Å². The number of rotatable bonds is 7. The second-order valence-electron chi connectivity index (χ2n) is 6.50. The van der Waals surface area contributed by atoms with Gasteiger partial charge in [-0.3, -0.25) is 9.59 Å². The quantitative estimate of drug-likeness (QED) is 0.588. The standard InChI is InChI=1S/C23H21ClN2O4/c1-26(15-22(27)25-20-14-17(24)11-12-21(20)29-2)23(28)16-7-6-10-19(13-16)30-18-8-4-3-5-9-18/h3-14H,15H2,1-2H3,(H,25,27). The lowest BCUT2D eigenvalue weighted by Crippen LogP contribution is -2.35. The van der Waals surface area contributed by atoms with Crippen LogP contribution in [0.5, 0.6) is 17.2 Å². The van der Waals surface area contributed by atoms with Gasteiger partial charge in [0.15, 0.2) is 0 Å². The molecule has 0 aromatic heterocycles. The van der Waals surface area contributed by atoms with E-state index in [1.165, 1.54) is 12.0 Å². The lowest BCUT2D eigenvalue weighted by atomic mass is 10.2. The number of hydrogen-bond acceptors (Lipinski definition) is 4. The monoisotopic (exact) mass is 424 g/mol. The Hall–Kier alpha value is -3.51. The van der Waals surface area contributed by atoms with Crippen LogP contribution in [0.15, 0.2) is 72.8 Å². The van der Waals surface area contributed by atoms with Crippen LogP contribution in [0.25, 0.3) is 0 Å². The van der Waals surface area contributed by atoms with E-state index >= 15 is 0 Å². The average molecular weight is 425 g/mol. The summed E-state index contributed by atoms with van der Waals surface area (Å²) in [5, 5.41) is 3.18. The van der Waals surface area contributed by atoms with Crippen LogP contribution in [-0.4, -0.2) is 37.4 Å². The number of amides is 2. The summed E-state index contributed by atoms with van der Waals surface area (Å²) in [7, 11) is 3.06. The molecule has 0 aliphatic carbocycles. The molecule has 0 fully saturated rings. The molecule has 0 saturated carbocycles. The number of anilines is 1. The van der Waals surface area contributed by atoms with Crippen molar-refractivity contribution in [2.45, 2.75) is 0 Å². The van der Waals surface area contributed by atoms with Gasteiger partial charge >= 0.3 is 0 Å². The summed E-state index contributed by atoms with van der Waals surface area (Å²) in [5.41, 5.74) is 0.855. The van der Waals surface area contributed by atoms with Gasteiger partial charge in [0.1, 0.15) is 17.2 Å². The molecule has 3 aromatic rings. The molecule has 2 amide bonds. The Morgan fingerprint density at radius 1 is 0.967 bits per heavy atom. The van der Waals surface area contributed by atoms with Crippen molar-refractivity contribution in [2.24, 2.45) is 0 Å². The van der Waals surface area contributed by atoms with E-state index in [9.17, 15) is 9.59 Å². The molecule has 3 aromatic carbocycles. The lowest BCUT2D eigenvalue weighted by Gasteiger charge is -2.18. The zero-order chi connectivity index (χ0) is 21.5. The molecule has 30 heavy (non-hydrogen) atoms. The first-order valence-electron chi connectivity index (χ1n) is 9.18. The van der Waals surface area contributed by atoms with Gasteiger partial charge in [-0.1, -0.05) is 35.9 Å². The third-order valence-electron chi connectivity index (χ3n) is 4.22. The summed E-state index contributed by atoms with van der Waals surface area (Å²) in [6, 6.07) is 21.0. The van der Waals surface area contributed by atoms with Gasteiger partial charge in [0.2, 0.25) is 5.91 Å².